The highest BCUT2D eigenvalue weighted by molar-refractivity contribution is 14.1. The summed E-state index contributed by atoms with van der Waals surface area (Å²) in [5, 5.41) is 21.3. The summed E-state index contributed by atoms with van der Waals surface area (Å²) >= 11 is 3.65. The molecular weight excluding hydrogens is 492 g/mol. The summed E-state index contributed by atoms with van der Waals surface area (Å²) in [6.45, 7) is 5.19. The molecule has 20 heavy (non-hydrogen) atoms. The van der Waals surface area contributed by atoms with Crippen molar-refractivity contribution in [2.45, 2.75) is 26.4 Å². The normalized spacial score (nSPS) is 11.1. The zero-order valence-corrected chi connectivity index (χ0v) is 15.3. The summed E-state index contributed by atoms with van der Waals surface area (Å²) in [5.74, 6) is -1.62. The Balaban J connectivity index is 3.12. The van der Waals surface area contributed by atoms with Gasteiger partial charge in [-0.1, -0.05) is 0 Å². The van der Waals surface area contributed by atoms with Crippen molar-refractivity contribution in [3.05, 3.63) is 18.8 Å². The van der Waals surface area contributed by atoms with Crippen molar-refractivity contribution in [1.29, 1.82) is 0 Å². The molecule has 0 aromatic heterocycles. The predicted octanol–water partition coefficient (Wildman–Crippen LogP) is 3.65. The summed E-state index contributed by atoms with van der Waals surface area (Å²) in [6, 6.07) is 1.28. The Kier molecular flexibility index (Phi) is 5.46. The molecule has 6 nitrogen and oxygen atoms in total. The van der Waals surface area contributed by atoms with Crippen molar-refractivity contribution in [2.75, 3.05) is 5.32 Å². The first-order valence-corrected chi connectivity index (χ1v) is 7.63. The molecule has 0 saturated heterocycles. The highest BCUT2D eigenvalue weighted by Crippen LogP contribution is 2.35. The number of amides is 1. The SMILES string of the molecule is CC(C)(C)OC(=O)Nc1c(I)cc(C(=O)O)c(O)c1I. The number of anilines is 1. The number of hydrogen-bond acceptors (Lipinski definition) is 4. The van der Waals surface area contributed by atoms with E-state index in [1.54, 1.807) is 43.4 Å². The lowest BCUT2D eigenvalue weighted by atomic mass is 10.2. The van der Waals surface area contributed by atoms with Crippen LogP contribution in [0.5, 0.6) is 5.75 Å². The van der Waals surface area contributed by atoms with Crippen molar-refractivity contribution in [3.63, 3.8) is 0 Å². The lowest BCUT2D eigenvalue weighted by molar-refractivity contribution is 0.0634. The predicted molar refractivity (Wildman–Crippen MR) is 90.4 cm³/mol. The fraction of sp³-hybridized carbons (Fsp3) is 0.333. The quantitative estimate of drug-likeness (QED) is 0.534. The maximum atomic E-state index is 11.7. The van der Waals surface area contributed by atoms with Gasteiger partial charge < -0.3 is 14.9 Å². The van der Waals surface area contributed by atoms with Gasteiger partial charge in [0.05, 0.1) is 9.26 Å². The van der Waals surface area contributed by atoms with Crippen LogP contribution in [-0.2, 0) is 4.74 Å². The van der Waals surface area contributed by atoms with Crippen molar-refractivity contribution in [1.82, 2.24) is 0 Å². The summed E-state index contributed by atoms with van der Waals surface area (Å²) in [6.07, 6.45) is -0.671. The van der Waals surface area contributed by atoms with E-state index < -0.39 is 17.7 Å². The Morgan fingerprint density at radius 3 is 2.30 bits per heavy atom. The van der Waals surface area contributed by atoms with Crippen molar-refractivity contribution < 1.29 is 24.5 Å². The Bertz CT molecular complexity index is 566. The van der Waals surface area contributed by atoms with E-state index in [2.05, 4.69) is 5.32 Å². The molecule has 8 heteroatoms. The largest absolute Gasteiger partial charge is 0.506 e. The topological polar surface area (TPSA) is 95.9 Å². The number of nitrogens with one attached hydrogen (secondary N) is 1. The molecule has 1 amide bonds. The fourth-order valence-corrected chi connectivity index (χ4v) is 3.24. The molecule has 0 fully saturated rings. The molecular formula is C12H13I2NO5. The number of aromatic hydroxyl groups is 1. The van der Waals surface area contributed by atoms with Gasteiger partial charge in [0.25, 0.3) is 0 Å². The van der Waals surface area contributed by atoms with Crippen molar-refractivity contribution in [2.24, 2.45) is 0 Å². The molecule has 0 saturated carbocycles. The van der Waals surface area contributed by atoms with Crippen LogP contribution in [0.1, 0.15) is 31.1 Å². The van der Waals surface area contributed by atoms with E-state index in [1.807, 2.05) is 22.6 Å². The molecule has 0 aliphatic rings. The maximum absolute atomic E-state index is 11.7. The minimum atomic E-state index is -1.23. The first-order valence-electron chi connectivity index (χ1n) is 5.47. The Morgan fingerprint density at radius 2 is 1.85 bits per heavy atom. The number of carbonyl (C=O) groups is 2. The van der Waals surface area contributed by atoms with E-state index in [0.29, 0.717) is 9.26 Å². The van der Waals surface area contributed by atoms with Crippen LogP contribution in [-0.4, -0.2) is 27.9 Å². The van der Waals surface area contributed by atoms with Crippen LogP contribution in [0.4, 0.5) is 10.5 Å². The smallest absolute Gasteiger partial charge is 0.412 e. The minimum Gasteiger partial charge on any atom is -0.506 e. The number of carboxylic acid groups (broad SMARTS) is 1. The number of ether oxygens (including phenoxy) is 1. The summed E-state index contributed by atoms with van der Waals surface area (Å²) in [7, 11) is 0. The number of phenols is 1. The molecule has 0 spiro atoms. The van der Waals surface area contributed by atoms with Crippen LogP contribution in [0, 0.1) is 7.14 Å². The molecule has 0 radical (unpaired) electrons. The molecule has 0 aliphatic heterocycles. The van der Waals surface area contributed by atoms with Gasteiger partial charge in [0, 0.05) is 3.57 Å². The van der Waals surface area contributed by atoms with Crippen LogP contribution in [0.3, 0.4) is 0 Å². The maximum Gasteiger partial charge on any atom is 0.412 e. The van der Waals surface area contributed by atoms with E-state index in [-0.39, 0.29) is 14.9 Å². The van der Waals surface area contributed by atoms with Crippen LogP contribution in [0.25, 0.3) is 0 Å². The van der Waals surface area contributed by atoms with Gasteiger partial charge in [-0.05, 0) is 72.0 Å². The first-order chi connectivity index (χ1) is 9.03. The number of carboxylic acids is 1. The fourth-order valence-electron chi connectivity index (χ4n) is 1.29. The van der Waals surface area contributed by atoms with E-state index in [1.165, 1.54) is 6.07 Å². The van der Waals surface area contributed by atoms with Crippen molar-refractivity contribution >= 4 is 62.9 Å². The van der Waals surface area contributed by atoms with Gasteiger partial charge >= 0.3 is 12.1 Å². The second-order valence-electron chi connectivity index (χ2n) is 4.88. The number of aromatic carboxylic acids is 1. The molecule has 0 bridgehead atoms. The summed E-state index contributed by atoms with van der Waals surface area (Å²) < 4.78 is 5.86. The van der Waals surface area contributed by atoms with Crippen LogP contribution in [0.2, 0.25) is 0 Å². The number of rotatable bonds is 2. The lowest BCUT2D eigenvalue weighted by Gasteiger charge is -2.20. The van der Waals surface area contributed by atoms with E-state index in [9.17, 15) is 14.7 Å². The minimum absolute atomic E-state index is 0.214. The third-order valence-electron chi connectivity index (χ3n) is 2.05. The number of hydrogen-bond donors (Lipinski definition) is 3. The standard InChI is InChI=1S/C12H13I2NO5/c1-12(2,3)20-11(19)15-8-6(13)4-5(10(17)18)9(16)7(8)14/h4,16H,1-3H3,(H,15,19)(H,17,18). The van der Waals surface area contributed by atoms with Gasteiger partial charge in [-0.15, -0.1) is 0 Å². The van der Waals surface area contributed by atoms with E-state index in [4.69, 9.17) is 9.84 Å². The Hall–Kier alpha value is -0.780. The second-order valence-corrected chi connectivity index (χ2v) is 7.12. The summed E-state index contributed by atoms with van der Waals surface area (Å²) in [4.78, 5) is 22.7. The zero-order chi connectivity index (χ0) is 15.7. The van der Waals surface area contributed by atoms with E-state index in [0.717, 1.165) is 0 Å². The van der Waals surface area contributed by atoms with Gasteiger partial charge in [0.2, 0.25) is 0 Å². The number of benzene rings is 1. The van der Waals surface area contributed by atoms with Crippen LogP contribution >= 0.6 is 45.2 Å². The molecule has 0 heterocycles. The monoisotopic (exact) mass is 505 g/mol. The number of halogens is 2. The van der Waals surface area contributed by atoms with Crippen LogP contribution in [0.15, 0.2) is 6.07 Å². The second kappa shape index (κ2) is 6.33. The first kappa shape index (κ1) is 17.3. The molecule has 0 aliphatic carbocycles. The van der Waals surface area contributed by atoms with Gasteiger partial charge in [-0.3, -0.25) is 5.32 Å². The highest BCUT2D eigenvalue weighted by Gasteiger charge is 2.22. The van der Waals surface area contributed by atoms with Gasteiger partial charge in [-0.2, -0.15) is 0 Å². The molecule has 0 atom stereocenters. The summed E-state index contributed by atoms with van der Waals surface area (Å²) in [5.41, 5.74) is -0.541. The Morgan fingerprint density at radius 1 is 1.30 bits per heavy atom. The van der Waals surface area contributed by atoms with Gasteiger partial charge in [-0.25, -0.2) is 9.59 Å². The molecule has 3 N–H and O–H groups in total. The molecule has 1 rings (SSSR count). The third-order valence-corrected chi connectivity index (χ3v) is 3.95. The van der Waals surface area contributed by atoms with Gasteiger partial charge in [0.1, 0.15) is 16.9 Å². The third kappa shape index (κ3) is 4.36. The molecule has 1 aromatic carbocycles. The molecule has 110 valence electrons. The molecule has 1 aromatic rings. The van der Waals surface area contributed by atoms with Gasteiger partial charge in [0.15, 0.2) is 0 Å². The van der Waals surface area contributed by atoms with Crippen LogP contribution < -0.4 is 5.32 Å². The average Bonchev–Trinajstić information content (AvgIpc) is 2.26. The highest BCUT2D eigenvalue weighted by atomic mass is 127. The Labute approximate surface area is 143 Å². The zero-order valence-electron chi connectivity index (χ0n) is 11.0. The van der Waals surface area contributed by atoms with Crippen molar-refractivity contribution in [3.8, 4) is 5.75 Å². The lowest BCUT2D eigenvalue weighted by Crippen LogP contribution is -2.27. The molecule has 0 unspecified atom stereocenters. The van der Waals surface area contributed by atoms with E-state index >= 15 is 0 Å². The average molecular weight is 505 g/mol. The number of carbonyl (C=O) groups excluding carboxylic acids is 1.